The van der Waals surface area contributed by atoms with Crippen LogP contribution in [0.4, 0.5) is 0 Å². The number of aromatic nitrogens is 2. The Kier molecular flexibility index (Phi) is 2.52. The molecule has 1 aromatic heterocycles. The van der Waals surface area contributed by atoms with Crippen molar-refractivity contribution in [1.29, 1.82) is 0 Å². The summed E-state index contributed by atoms with van der Waals surface area (Å²) >= 11 is 0. The minimum absolute atomic E-state index is 0.0279. The zero-order chi connectivity index (χ0) is 11.9. The van der Waals surface area contributed by atoms with Crippen LogP contribution in [0.2, 0.25) is 0 Å². The number of carbonyl (C=O) groups is 1. The van der Waals surface area contributed by atoms with E-state index in [2.05, 4.69) is 31.0 Å². The van der Waals surface area contributed by atoms with E-state index in [9.17, 15) is 4.79 Å². The summed E-state index contributed by atoms with van der Waals surface area (Å²) in [5.41, 5.74) is 3.38. The van der Waals surface area contributed by atoms with Gasteiger partial charge in [-0.2, -0.15) is 5.10 Å². The molecule has 1 atom stereocenters. The van der Waals surface area contributed by atoms with Gasteiger partial charge in [0.1, 0.15) is 0 Å². The molecule has 1 aliphatic rings. The lowest BCUT2D eigenvalue weighted by Crippen LogP contribution is -2.23. The molecule has 88 valence electrons. The number of carboxylic acid groups (broad SMARTS) is 1. The van der Waals surface area contributed by atoms with Crippen molar-refractivity contribution >= 4 is 5.97 Å². The van der Waals surface area contributed by atoms with Gasteiger partial charge < -0.3 is 5.11 Å². The largest absolute Gasteiger partial charge is 0.481 e. The van der Waals surface area contributed by atoms with Crippen LogP contribution in [-0.2, 0) is 23.1 Å². The molecule has 4 heteroatoms. The lowest BCUT2D eigenvalue weighted by molar-refractivity contribution is -0.142. The van der Waals surface area contributed by atoms with E-state index in [4.69, 9.17) is 5.11 Å². The molecule has 0 aromatic carbocycles. The SMILES string of the molecule is CC(C)(C)c1n[nH]c2c1CCC(C(=O)O)C2. The predicted octanol–water partition coefficient (Wildman–Crippen LogP) is 1.90. The van der Waals surface area contributed by atoms with Crippen LogP contribution in [0.1, 0.15) is 44.1 Å². The van der Waals surface area contributed by atoms with E-state index in [-0.39, 0.29) is 11.3 Å². The molecule has 0 saturated carbocycles. The summed E-state index contributed by atoms with van der Waals surface area (Å²) < 4.78 is 0. The van der Waals surface area contributed by atoms with Crippen LogP contribution in [0, 0.1) is 5.92 Å². The second-order valence-electron chi connectivity index (χ2n) is 5.56. The highest BCUT2D eigenvalue weighted by molar-refractivity contribution is 5.70. The van der Waals surface area contributed by atoms with Gasteiger partial charge in [0, 0.05) is 17.5 Å². The van der Waals surface area contributed by atoms with E-state index >= 15 is 0 Å². The van der Waals surface area contributed by atoms with Crippen molar-refractivity contribution in [1.82, 2.24) is 10.2 Å². The Labute approximate surface area is 95.1 Å². The molecule has 1 unspecified atom stereocenters. The number of aromatic amines is 1. The van der Waals surface area contributed by atoms with Crippen molar-refractivity contribution in [3.63, 3.8) is 0 Å². The smallest absolute Gasteiger partial charge is 0.306 e. The van der Waals surface area contributed by atoms with E-state index < -0.39 is 5.97 Å². The van der Waals surface area contributed by atoms with Crippen molar-refractivity contribution < 1.29 is 9.90 Å². The van der Waals surface area contributed by atoms with E-state index in [0.29, 0.717) is 6.42 Å². The van der Waals surface area contributed by atoms with Crippen molar-refractivity contribution in [2.24, 2.45) is 5.92 Å². The van der Waals surface area contributed by atoms with Gasteiger partial charge in [-0.3, -0.25) is 9.89 Å². The molecular weight excluding hydrogens is 204 g/mol. The molecule has 2 N–H and O–H groups in total. The normalized spacial score (nSPS) is 20.6. The second kappa shape index (κ2) is 3.61. The zero-order valence-corrected chi connectivity index (χ0v) is 10.0. The summed E-state index contributed by atoms with van der Waals surface area (Å²) in [7, 11) is 0. The van der Waals surface area contributed by atoms with Gasteiger partial charge in [0.15, 0.2) is 0 Å². The number of carboxylic acids is 1. The van der Waals surface area contributed by atoms with Gasteiger partial charge in [-0.15, -0.1) is 0 Å². The molecule has 0 aliphatic heterocycles. The maximum Gasteiger partial charge on any atom is 0.306 e. The first-order valence-corrected chi connectivity index (χ1v) is 5.69. The Morgan fingerprint density at radius 2 is 2.19 bits per heavy atom. The summed E-state index contributed by atoms with van der Waals surface area (Å²) in [6.07, 6.45) is 2.15. The maximum absolute atomic E-state index is 10.9. The van der Waals surface area contributed by atoms with Gasteiger partial charge in [0.2, 0.25) is 0 Å². The fourth-order valence-corrected chi connectivity index (χ4v) is 2.34. The molecule has 0 amide bonds. The predicted molar refractivity (Wildman–Crippen MR) is 60.4 cm³/mol. The van der Waals surface area contributed by atoms with Crippen molar-refractivity contribution in [2.75, 3.05) is 0 Å². The summed E-state index contributed by atoms with van der Waals surface area (Å²) in [6.45, 7) is 6.40. The fraction of sp³-hybridized carbons (Fsp3) is 0.667. The highest BCUT2D eigenvalue weighted by Gasteiger charge is 2.31. The molecular formula is C12H18N2O2. The lowest BCUT2D eigenvalue weighted by atomic mass is 9.81. The molecule has 2 rings (SSSR count). The van der Waals surface area contributed by atoms with Crippen LogP contribution in [0.15, 0.2) is 0 Å². The number of fused-ring (bicyclic) bond motifs is 1. The van der Waals surface area contributed by atoms with E-state index in [0.717, 1.165) is 24.2 Å². The third-order valence-corrected chi connectivity index (χ3v) is 3.21. The summed E-state index contributed by atoms with van der Waals surface area (Å²) in [6, 6.07) is 0. The highest BCUT2D eigenvalue weighted by atomic mass is 16.4. The zero-order valence-electron chi connectivity index (χ0n) is 10.0. The monoisotopic (exact) mass is 222 g/mol. The summed E-state index contributed by atoms with van der Waals surface area (Å²) in [5.74, 6) is -0.946. The Hall–Kier alpha value is -1.32. The third-order valence-electron chi connectivity index (χ3n) is 3.21. The average Bonchev–Trinajstić information content (AvgIpc) is 2.58. The van der Waals surface area contributed by atoms with E-state index in [1.807, 2.05) is 0 Å². The lowest BCUT2D eigenvalue weighted by Gasteiger charge is -2.22. The molecule has 1 aromatic rings. The molecule has 0 radical (unpaired) electrons. The molecule has 1 heterocycles. The van der Waals surface area contributed by atoms with Crippen LogP contribution in [0.3, 0.4) is 0 Å². The van der Waals surface area contributed by atoms with Gasteiger partial charge in [0.25, 0.3) is 0 Å². The van der Waals surface area contributed by atoms with E-state index in [1.54, 1.807) is 0 Å². The number of aliphatic carboxylic acids is 1. The molecule has 0 spiro atoms. The Bertz CT molecular complexity index is 415. The Morgan fingerprint density at radius 3 is 2.75 bits per heavy atom. The first kappa shape index (κ1) is 11.2. The van der Waals surface area contributed by atoms with Gasteiger partial charge in [0.05, 0.1) is 11.6 Å². The minimum atomic E-state index is -0.697. The van der Waals surface area contributed by atoms with Crippen LogP contribution in [-0.4, -0.2) is 21.3 Å². The molecule has 1 aliphatic carbocycles. The van der Waals surface area contributed by atoms with Gasteiger partial charge >= 0.3 is 5.97 Å². The van der Waals surface area contributed by atoms with Crippen molar-refractivity contribution in [3.8, 4) is 0 Å². The molecule has 0 saturated heterocycles. The molecule has 0 bridgehead atoms. The van der Waals surface area contributed by atoms with Crippen molar-refractivity contribution in [2.45, 2.75) is 45.4 Å². The summed E-state index contributed by atoms with van der Waals surface area (Å²) in [4.78, 5) is 10.9. The first-order chi connectivity index (χ1) is 7.39. The number of H-pyrrole nitrogens is 1. The first-order valence-electron chi connectivity index (χ1n) is 5.69. The number of nitrogens with one attached hydrogen (secondary N) is 1. The number of hydrogen-bond donors (Lipinski definition) is 2. The van der Waals surface area contributed by atoms with Gasteiger partial charge in [-0.05, 0) is 18.4 Å². The molecule has 16 heavy (non-hydrogen) atoms. The number of rotatable bonds is 1. The van der Waals surface area contributed by atoms with Crippen LogP contribution in [0.5, 0.6) is 0 Å². The Morgan fingerprint density at radius 1 is 1.50 bits per heavy atom. The van der Waals surface area contributed by atoms with Gasteiger partial charge in [-0.25, -0.2) is 0 Å². The average molecular weight is 222 g/mol. The summed E-state index contributed by atoms with van der Waals surface area (Å²) in [5, 5.41) is 16.3. The van der Waals surface area contributed by atoms with Crippen LogP contribution < -0.4 is 0 Å². The molecule has 0 fully saturated rings. The Balaban J connectivity index is 2.31. The van der Waals surface area contributed by atoms with Crippen molar-refractivity contribution in [3.05, 3.63) is 17.0 Å². The topological polar surface area (TPSA) is 66.0 Å². The maximum atomic E-state index is 10.9. The minimum Gasteiger partial charge on any atom is -0.481 e. The fourth-order valence-electron chi connectivity index (χ4n) is 2.34. The third kappa shape index (κ3) is 1.84. The second-order valence-corrected chi connectivity index (χ2v) is 5.56. The number of hydrogen-bond acceptors (Lipinski definition) is 2. The quantitative estimate of drug-likeness (QED) is 0.762. The molecule has 4 nitrogen and oxygen atoms in total. The number of nitrogens with zero attached hydrogens (tertiary/aromatic N) is 1. The standard InChI is InChI=1S/C12H18N2O2/c1-12(2,3)10-8-5-4-7(11(15)16)6-9(8)13-14-10/h7H,4-6H2,1-3H3,(H,13,14)(H,15,16). The van der Waals surface area contributed by atoms with Crippen LogP contribution >= 0.6 is 0 Å². The van der Waals surface area contributed by atoms with E-state index in [1.165, 1.54) is 5.56 Å². The van der Waals surface area contributed by atoms with Crippen LogP contribution in [0.25, 0.3) is 0 Å². The highest BCUT2D eigenvalue weighted by Crippen LogP contribution is 2.32. The van der Waals surface area contributed by atoms with Gasteiger partial charge in [-0.1, -0.05) is 20.8 Å².